The van der Waals surface area contributed by atoms with Gasteiger partial charge in [0.1, 0.15) is 9.84 Å². The molecule has 1 amide bonds. The fraction of sp³-hybridized carbons (Fsp3) is 0.364. The molecule has 1 aromatic rings. The quantitative estimate of drug-likeness (QED) is 0.785. The van der Waals surface area contributed by atoms with Crippen LogP contribution in [0.25, 0.3) is 0 Å². The van der Waals surface area contributed by atoms with Gasteiger partial charge in [0.25, 0.3) is 0 Å². The third-order valence-corrected chi connectivity index (χ3v) is 4.51. The summed E-state index contributed by atoms with van der Waals surface area (Å²) in [6.07, 6.45) is 1.19. The van der Waals surface area contributed by atoms with E-state index in [9.17, 15) is 13.2 Å². The first-order valence-corrected chi connectivity index (χ1v) is 8.61. The number of rotatable bonds is 5. The highest BCUT2D eigenvalue weighted by Gasteiger charge is 2.16. The molecule has 0 heterocycles. The number of amides is 1. The summed E-state index contributed by atoms with van der Waals surface area (Å²) in [6, 6.07) is 4.03. The van der Waals surface area contributed by atoms with Crippen LogP contribution >= 0.6 is 39.9 Å². The number of benzene rings is 1. The maximum atomic E-state index is 11.7. The van der Waals surface area contributed by atoms with Gasteiger partial charge in [-0.05, 0) is 40.5 Å². The van der Waals surface area contributed by atoms with Gasteiger partial charge in [-0.3, -0.25) is 4.79 Å². The summed E-state index contributed by atoms with van der Waals surface area (Å²) in [5, 5.41) is 3.13. The first-order valence-electron chi connectivity index (χ1n) is 5.38. The first kappa shape index (κ1) is 19.7. The van der Waals surface area contributed by atoms with Gasteiger partial charge in [0.05, 0.1) is 16.8 Å². The van der Waals surface area contributed by atoms with Crippen molar-refractivity contribution < 1.29 is 13.2 Å². The van der Waals surface area contributed by atoms with Crippen molar-refractivity contribution in [3.63, 3.8) is 0 Å². The van der Waals surface area contributed by atoms with Gasteiger partial charge >= 0.3 is 0 Å². The molecule has 0 saturated heterocycles. The van der Waals surface area contributed by atoms with E-state index in [-0.39, 0.29) is 24.6 Å². The van der Waals surface area contributed by atoms with Crippen molar-refractivity contribution in [1.82, 2.24) is 0 Å². The molecule has 1 atom stereocenters. The van der Waals surface area contributed by atoms with Crippen molar-refractivity contribution in [3.8, 4) is 0 Å². The maximum Gasteiger partial charge on any atom is 0.241 e. The largest absolute Gasteiger partial charge is 0.325 e. The molecule has 0 saturated carbocycles. The fourth-order valence-electron chi connectivity index (χ4n) is 1.28. The van der Waals surface area contributed by atoms with Gasteiger partial charge < -0.3 is 11.1 Å². The summed E-state index contributed by atoms with van der Waals surface area (Å²) in [6.45, 7) is 0. The Morgan fingerprint density at radius 2 is 2.10 bits per heavy atom. The van der Waals surface area contributed by atoms with Crippen molar-refractivity contribution in [3.05, 3.63) is 27.7 Å². The van der Waals surface area contributed by atoms with Crippen molar-refractivity contribution in [2.45, 2.75) is 12.5 Å². The number of anilines is 1. The number of halogens is 3. The summed E-state index contributed by atoms with van der Waals surface area (Å²) >= 11 is 9.06. The first-order chi connectivity index (χ1) is 8.69. The van der Waals surface area contributed by atoms with Crippen molar-refractivity contribution in [1.29, 1.82) is 0 Å². The van der Waals surface area contributed by atoms with Gasteiger partial charge in [0, 0.05) is 16.4 Å². The molecule has 9 heteroatoms. The Bertz CT molecular complexity index is 581. The standard InChI is InChI=1S/C11H14BrClN2O3S.ClH/c1-19(17,18)5-4-10(14)11(16)15-7-2-3-9(13)8(12)6-7;/h2-3,6,10H,4-5,14H2,1H3,(H,15,16);1H. The summed E-state index contributed by atoms with van der Waals surface area (Å²) < 4.78 is 22.6. The Morgan fingerprint density at radius 1 is 1.50 bits per heavy atom. The molecule has 1 rings (SSSR count). The zero-order valence-corrected chi connectivity index (χ0v) is 14.6. The minimum absolute atomic E-state index is 0. The predicted octanol–water partition coefficient (Wildman–Crippen LogP) is 2.22. The highest BCUT2D eigenvalue weighted by Crippen LogP contribution is 2.25. The summed E-state index contributed by atoms with van der Waals surface area (Å²) in [7, 11) is -3.12. The number of carbonyl (C=O) groups excluding carboxylic acids is 1. The lowest BCUT2D eigenvalue weighted by Gasteiger charge is -2.12. The molecule has 1 unspecified atom stereocenters. The van der Waals surface area contributed by atoms with Gasteiger partial charge in [-0.25, -0.2) is 8.42 Å². The number of hydrogen-bond donors (Lipinski definition) is 2. The lowest BCUT2D eigenvalue weighted by molar-refractivity contribution is -0.117. The fourth-order valence-corrected chi connectivity index (χ4v) is 2.46. The molecule has 114 valence electrons. The molecule has 0 radical (unpaired) electrons. The molecule has 0 spiro atoms. The third kappa shape index (κ3) is 6.90. The van der Waals surface area contributed by atoms with E-state index in [1.165, 1.54) is 0 Å². The summed E-state index contributed by atoms with van der Waals surface area (Å²) in [5.41, 5.74) is 6.16. The van der Waals surface area contributed by atoms with Crippen molar-refractivity contribution in [2.75, 3.05) is 17.3 Å². The minimum atomic E-state index is -3.12. The van der Waals surface area contributed by atoms with E-state index in [2.05, 4.69) is 21.2 Å². The van der Waals surface area contributed by atoms with Crippen molar-refractivity contribution >= 4 is 61.4 Å². The average Bonchev–Trinajstić information content (AvgIpc) is 2.29. The molecular weight excluding hydrogens is 391 g/mol. The molecule has 0 bridgehead atoms. The maximum absolute atomic E-state index is 11.7. The molecule has 0 aliphatic rings. The van der Waals surface area contributed by atoms with E-state index < -0.39 is 21.8 Å². The highest BCUT2D eigenvalue weighted by atomic mass is 79.9. The molecule has 0 aliphatic heterocycles. The van der Waals surface area contributed by atoms with E-state index in [1.54, 1.807) is 18.2 Å². The lowest BCUT2D eigenvalue weighted by Crippen LogP contribution is -2.37. The second kappa shape index (κ2) is 8.19. The van der Waals surface area contributed by atoms with E-state index in [1.807, 2.05) is 0 Å². The Kier molecular flexibility index (Phi) is 8.05. The van der Waals surface area contributed by atoms with Crippen LogP contribution in [0.4, 0.5) is 5.69 Å². The van der Waals surface area contributed by atoms with Gasteiger partial charge in [-0.15, -0.1) is 12.4 Å². The Balaban J connectivity index is 0.00000361. The van der Waals surface area contributed by atoms with Crippen LogP contribution < -0.4 is 11.1 Å². The minimum Gasteiger partial charge on any atom is -0.325 e. The van der Waals surface area contributed by atoms with Crippen LogP contribution in [0.5, 0.6) is 0 Å². The number of carbonyl (C=O) groups is 1. The van der Waals surface area contributed by atoms with Gasteiger partial charge in [0.15, 0.2) is 0 Å². The summed E-state index contributed by atoms with van der Waals surface area (Å²) in [5.74, 6) is -0.552. The Labute approximate surface area is 137 Å². The molecule has 3 N–H and O–H groups in total. The SMILES string of the molecule is CS(=O)(=O)CCC(N)C(=O)Nc1ccc(Cl)c(Br)c1.Cl. The zero-order chi connectivity index (χ0) is 14.6. The van der Waals surface area contributed by atoms with E-state index >= 15 is 0 Å². The number of hydrogen-bond acceptors (Lipinski definition) is 4. The van der Waals surface area contributed by atoms with Gasteiger partial charge in [0.2, 0.25) is 5.91 Å². The van der Waals surface area contributed by atoms with Crippen LogP contribution in [0.3, 0.4) is 0 Å². The smallest absolute Gasteiger partial charge is 0.241 e. The van der Waals surface area contributed by atoms with Crippen molar-refractivity contribution in [2.24, 2.45) is 5.73 Å². The molecule has 0 aliphatic carbocycles. The van der Waals surface area contributed by atoms with Crippen LogP contribution in [0.2, 0.25) is 5.02 Å². The number of sulfone groups is 1. The molecule has 0 fully saturated rings. The van der Waals surface area contributed by atoms with E-state index in [0.29, 0.717) is 15.2 Å². The third-order valence-electron chi connectivity index (χ3n) is 2.32. The Hall–Kier alpha value is -0.340. The molecule has 0 aromatic heterocycles. The second-order valence-electron chi connectivity index (χ2n) is 4.14. The topological polar surface area (TPSA) is 89.3 Å². The van der Waals surface area contributed by atoms with Crippen LogP contribution in [0, 0.1) is 0 Å². The van der Waals surface area contributed by atoms with E-state index in [4.69, 9.17) is 17.3 Å². The average molecular weight is 406 g/mol. The van der Waals surface area contributed by atoms with Crippen LogP contribution in [-0.4, -0.2) is 32.4 Å². The van der Waals surface area contributed by atoms with Gasteiger partial charge in [-0.2, -0.15) is 0 Å². The van der Waals surface area contributed by atoms with Crippen LogP contribution in [0.1, 0.15) is 6.42 Å². The second-order valence-corrected chi connectivity index (χ2v) is 7.66. The highest BCUT2D eigenvalue weighted by molar-refractivity contribution is 9.10. The predicted molar refractivity (Wildman–Crippen MR) is 87.3 cm³/mol. The van der Waals surface area contributed by atoms with Crippen LogP contribution in [0.15, 0.2) is 22.7 Å². The molecule has 20 heavy (non-hydrogen) atoms. The zero-order valence-electron chi connectivity index (χ0n) is 10.6. The molecule has 5 nitrogen and oxygen atoms in total. The van der Waals surface area contributed by atoms with E-state index in [0.717, 1.165) is 6.26 Å². The van der Waals surface area contributed by atoms with Crippen LogP contribution in [-0.2, 0) is 14.6 Å². The monoisotopic (exact) mass is 404 g/mol. The Morgan fingerprint density at radius 3 is 2.60 bits per heavy atom. The summed E-state index contributed by atoms with van der Waals surface area (Å²) in [4.78, 5) is 11.7. The number of nitrogens with two attached hydrogens (primary N) is 1. The normalized spacial score (nSPS) is 12.4. The lowest BCUT2D eigenvalue weighted by atomic mass is 10.2. The molecule has 1 aromatic carbocycles. The number of nitrogens with one attached hydrogen (secondary N) is 1. The molecular formula is C11H15BrCl2N2O3S. The van der Waals surface area contributed by atoms with Gasteiger partial charge in [-0.1, -0.05) is 11.6 Å².